The molecule has 7 atom stereocenters. The molecule has 12 nitrogen and oxygen atoms in total. The topological polar surface area (TPSA) is 172 Å². The summed E-state index contributed by atoms with van der Waals surface area (Å²) in [6.45, 7) is 13.8. The van der Waals surface area contributed by atoms with Gasteiger partial charge in [-0.15, -0.1) is 10.2 Å². The maximum Gasteiger partial charge on any atom is 0.246 e. The lowest BCUT2D eigenvalue weighted by molar-refractivity contribution is -0.145. The van der Waals surface area contributed by atoms with Gasteiger partial charge in [0.15, 0.2) is 17.4 Å². The van der Waals surface area contributed by atoms with Gasteiger partial charge in [-0.2, -0.15) is 5.21 Å². The Morgan fingerprint density at radius 3 is 2.29 bits per heavy atom. The number of carbonyl (C=O) groups excluding carboxylic acids is 6. The highest BCUT2D eigenvalue weighted by atomic mass is 16.2. The van der Waals surface area contributed by atoms with Crippen LogP contribution in [0.3, 0.4) is 0 Å². The second-order valence-electron chi connectivity index (χ2n) is 15.3. The number of rotatable bonds is 22. The molecular weight excluding hydrogens is 624 g/mol. The van der Waals surface area contributed by atoms with E-state index in [-0.39, 0.29) is 72.2 Å². The smallest absolute Gasteiger partial charge is 0.246 e. The van der Waals surface area contributed by atoms with E-state index in [1.54, 1.807) is 4.90 Å². The number of Topliss-reactive ketones (excluding diaryl/α,β-unsaturated/α-hetero) is 4. The normalized spacial score (nSPS) is 21.3. The molecule has 2 aliphatic rings. The third-order valence-electron chi connectivity index (χ3n) is 10.8. The summed E-state index contributed by atoms with van der Waals surface area (Å²) in [6, 6.07) is -1.54. The van der Waals surface area contributed by atoms with Crippen molar-refractivity contribution >= 4 is 34.9 Å². The number of aryl methyl sites for hydroxylation is 1. The van der Waals surface area contributed by atoms with Crippen molar-refractivity contribution in [1.29, 1.82) is 0 Å². The molecule has 0 radical (unpaired) electrons. The Morgan fingerprint density at radius 2 is 1.67 bits per heavy atom. The minimum atomic E-state index is -0.863. The maximum atomic E-state index is 14.3. The van der Waals surface area contributed by atoms with Crippen LogP contribution in [0, 0.1) is 41.4 Å². The number of H-pyrrole nitrogens is 1. The molecule has 2 heterocycles. The van der Waals surface area contributed by atoms with Crippen LogP contribution in [0.2, 0.25) is 0 Å². The van der Waals surface area contributed by atoms with Crippen molar-refractivity contribution in [1.82, 2.24) is 30.8 Å². The first-order valence-electron chi connectivity index (χ1n) is 18.7. The van der Waals surface area contributed by atoms with Gasteiger partial charge >= 0.3 is 0 Å². The molecule has 2 unspecified atom stereocenters. The van der Waals surface area contributed by atoms with Crippen LogP contribution < -0.4 is 5.32 Å². The SMILES string of the molecule is CCCC(CC(=O)C1[C@H]2CCC[C@H]2CN1C(=O)[C@@H](NC(=O)[C@H](CC(=O)CCCCc1nn[nH]n1)C(C)C)C(C)C)C(=O)C(=O)C[C@H](C)CC. The standard InChI is InChI=1S/C37H60N6O6/c1-8-13-25(35(47)31(46)18-24(7)9-2)19-30(45)34-28-16-12-14-26(28)21-43(34)37(49)33(23(5)6)38-36(48)29(22(3)4)20-27(44)15-10-11-17-32-39-41-42-40-32/h22-26,28-29,33-34H,8-21H2,1-7H3,(H,38,48)(H,39,40,41,42)/t24-,25?,26+,28+,29-,33+,34?/m1/s1. The van der Waals surface area contributed by atoms with Gasteiger partial charge < -0.3 is 10.2 Å². The number of likely N-dealkylation sites (tertiary alicyclic amines) is 1. The quantitative estimate of drug-likeness (QED) is 0.128. The number of hydrogen-bond acceptors (Lipinski definition) is 9. The van der Waals surface area contributed by atoms with Crippen LogP contribution in [0.4, 0.5) is 0 Å². The van der Waals surface area contributed by atoms with E-state index < -0.39 is 35.5 Å². The molecule has 2 amide bonds. The van der Waals surface area contributed by atoms with E-state index in [4.69, 9.17) is 0 Å². The summed E-state index contributed by atoms with van der Waals surface area (Å²) >= 11 is 0. The first-order chi connectivity index (χ1) is 23.3. The summed E-state index contributed by atoms with van der Waals surface area (Å²) in [5, 5.41) is 16.8. The monoisotopic (exact) mass is 684 g/mol. The van der Waals surface area contributed by atoms with Crippen LogP contribution in [0.1, 0.15) is 131 Å². The first-order valence-corrected chi connectivity index (χ1v) is 18.7. The Labute approximate surface area is 292 Å². The van der Waals surface area contributed by atoms with E-state index in [1.165, 1.54) is 0 Å². The number of carbonyl (C=O) groups is 6. The van der Waals surface area contributed by atoms with E-state index in [9.17, 15) is 28.8 Å². The predicted molar refractivity (Wildman–Crippen MR) is 185 cm³/mol. The average molecular weight is 685 g/mol. The zero-order chi connectivity index (χ0) is 36.2. The van der Waals surface area contributed by atoms with Crippen molar-refractivity contribution in [2.24, 2.45) is 41.4 Å². The van der Waals surface area contributed by atoms with Crippen molar-refractivity contribution in [3.8, 4) is 0 Å². The molecule has 2 N–H and O–H groups in total. The van der Waals surface area contributed by atoms with Gasteiger partial charge in [-0.05, 0) is 61.7 Å². The van der Waals surface area contributed by atoms with E-state index in [0.29, 0.717) is 44.5 Å². The number of aromatic nitrogens is 4. The number of ketones is 4. The number of hydrogen-bond donors (Lipinski definition) is 2. The van der Waals surface area contributed by atoms with Gasteiger partial charge in [0.2, 0.25) is 17.6 Å². The highest BCUT2D eigenvalue weighted by Crippen LogP contribution is 2.43. The summed E-state index contributed by atoms with van der Waals surface area (Å²) in [5.41, 5.74) is 0. The molecule has 0 aromatic carbocycles. The molecule has 0 spiro atoms. The fourth-order valence-corrected chi connectivity index (χ4v) is 7.60. The largest absolute Gasteiger partial charge is 0.344 e. The van der Waals surface area contributed by atoms with Gasteiger partial charge in [0.25, 0.3) is 0 Å². The van der Waals surface area contributed by atoms with Crippen molar-refractivity contribution in [3.05, 3.63) is 5.82 Å². The summed E-state index contributed by atoms with van der Waals surface area (Å²) in [4.78, 5) is 82.8. The van der Waals surface area contributed by atoms with Crippen LogP contribution >= 0.6 is 0 Å². The number of tetrazole rings is 1. The summed E-state index contributed by atoms with van der Waals surface area (Å²) in [5.74, 6) is -2.44. The van der Waals surface area contributed by atoms with E-state index >= 15 is 0 Å². The molecule has 1 aromatic rings. The molecule has 0 bridgehead atoms. The minimum absolute atomic E-state index is 0.00812. The fourth-order valence-electron chi connectivity index (χ4n) is 7.60. The number of unbranched alkanes of at least 4 members (excludes halogenated alkanes) is 1. The lowest BCUT2D eigenvalue weighted by Gasteiger charge is -2.33. The van der Waals surface area contributed by atoms with Crippen molar-refractivity contribution in [2.75, 3.05) is 6.54 Å². The number of aromatic amines is 1. The third-order valence-corrected chi connectivity index (χ3v) is 10.8. The Balaban J connectivity index is 1.71. The lowest BCUT2D eigenvalue weighted by atomic mass is 9.83. The van der Waals surface area contributed by atoms with Crippen LogP contribution in [0.5, 0.6) is 0 Å². The summed E-state index contributed by atoms with van der Waals surface area (Å²) in [6.07, 6.45) is 7.20. The minimum Gasteiger partial charge on any atom is -0.344 e. The Bertz CT molecular complexity index is 1280. The van der Waals surface area contributed by atoms with Crippen LogP contribution in [0.25, 0.3) is 0 Å². The highest BCUT2D eigenvalue weighted by Gasteiger charge is 2.51. The molecule has 1 aliphatic heterocycles. The molecule has 49 heavy (non-hydrogen) atoms. The van der Waals surface area contributed by atoms with E-state index in [0.717, 1.165) is 32.1 Å². The molecule has 12 heteroatoms. The lowest BCUT2D eigenvalue weighted by Crippen LogP contribution is -2.56. The first kappa shape index (κ1) is 40.1. The maximum absolute atomic E-state index is 14.3. The number of nitrogens with one attached hydrogen (secondary N) is 2. The van der Waals surface area contributed by atoms with Crippen molar-refractivity contribution in [3.63, 3.8) is 0 Å². The van der Waals surface area contributed by atoms with Crippen LogP contribution in [-0.2, 0) is 35.2 Å². The molecule has 2 fully saturated rings. The zero-order valence-corrected chi connectivity index (χ0v) is 30.8. The second kappa shape index (κ2) is 19.2. The zero-order valence-electron chi connectivity index (χ0n) is 30.8. The van der Waals surface area contributed by atoms with Gasteiger partial charge in [-0.1, -0.05) is 72.9 Å². The molecule has 3 rings (SSSR count). The Hall–Kier alpha value is -3.31. The van der Waals surface area contributed by atoms with Crippen molar-refractivity contribution < 1.29 is 28.8 Å². The van der Waals surface area contributed by atoms with Gasteiger partial charge in [0.1, 0.15) is 11.8 Å². The number of fused-ring (bicyclic) bond motifs is 1. The fraction of sp³-hybridized carbons (Fsp3) is 0.811. The van der Waals surface area contributed by atoms with Crippen molar-refractivity contribution in [2.45, 2.75) is 144 Å². The summed E-state index contributed by atoms with van der Waals surface area (Å²) in [7, 11) is 0. The molecule has 1 aliphatic carbocycles. The number of amides is 2. The van der Waals surface area contributed by atoms with Crippen LogP contribution in [-0.4, -0.2) is 79.1 Å². The molecule has 274 valence electrons. The average Bonchev–Trinajstić information content (AvgIpc) is 3.81. The molecule has 1 saturated carbocycles. The van der Waals surface area contributed by atoms with E-state index in [2.05, 4.69) is 25.9 Å². The van der Waals surface area contributed by atoms with Crippen LogP contribution in [0.15, 0.2) is 0 Å². The van der Waals surface area contributed by atoms with E-state index in [1.807, 2.05) is 48.5 Å². The highest BCUT2D eigenvalue weighted by molar-refractivity contribution is 6.38. The second-order valence-corrected chi connectivity index (χ2v) is 15.3. The van der Waals surface area contributed by atoms with Gasteiger partial charge in [-0.3, -0.25) is 28.8 Å². The Kier molecular flexibility index (Phi) is 15.7. The predicted octanol–water partition coefficient (Wildman–Crippen LogP) is 4.86. The van der Waals surface area contributed by atoms with Gasteiger partial charge in [-0.25, -0.2) is 0 Å². The third kappa shape index (κ3) is 11.1. The molecule has 1 aromatic heterocycles. The molecular formula is C37H60N6O6. The molecule has 1 saturated heterocycles. The van der Waals surface area contributed by atoms with Gasteiger partial charge in [0.05, 0.1) is 6.04 Å². The summed E-state index contributed by atoms with van der Waals surface area (Å²) < 4.78 is 0. The number of nitrogens with zero attached hydrogens (tertiary/aromatic N) is 4. The Morgan fingerprint density at radius 1 is 0.939 bits per heavy atom. The van der Waals surface area contributed by atoms with Gasteiger partial charge in [0, 0.05) is 50.5 Å².